The number of nitrogens with zero attached hydrogens (tertiary/aromatic N) is 2. The summed E-state index contributed by atoms with van der Waals surface area (Å²) in [5.74, 6) is 0. The lowest BCUT2D eigenvalue weighted by Gasteiger charge is -2.17. The Morgan fingerprint density at radius 1 is 1.45 bits per heavy atom. The van der Waals surface area contributed by atoms with E-state index in [0.717, 1.165) is 31.7 Å². The Balaban J connectivity index is 2.71. The number of rotatable bonds is 9. The van der Waals surface area contributed by atoms with Crippen molar-refractivity contribution in [3.8, 4) is 0 Å². The van der Waals surface area contributed by atoms with Gasteiger partial charge in [0.15, 0.2) is 0 Å². The number of benzene rings is 1. The minimum absolute atomic E-state index is 0.123. The zero-order valence-corrected chi connectivity index (χ0v) is 12.4. The van der Waals surface area contributed by atoms with E-state index in [2.05, 4.69) is 10.2 Å². The maximum atomic E-state index is 10.9. The van der Waals surface area contributed by atoms with Gasteiger partial charge in [0, 0.05) is 39.4 Å². The van der Waals surface area contributed by atoms with Gasteiger partial charge < -0.3 is 15.0 Å². The lowest BCUT2D eigenvalue weighted by atomic mass is 10.1. The molecular formula is C14H23N3O3. The summed E-state index contributed by atoms with van der Waals surface area (Å²) < 4.78 is 5.02. The Morgan fingerprint density at radius 3 is 2.80 bits per heavy atom. The molecule has 1 N–H and O–H groups in total. The first kappa shape index (κ1) is 16.4. The normalized spacial score (nSPS) is 10.8. The Hall–Kier alpha value is -1.66. The second-order valence-electron chi connectivity index (χ2n) is 4.72. The summed E-state index contributed by atoms with van der Waals surface area (Å²) in [5.41, 5.74) is 1.77. The predicted molar refractivity (Wildman–Crippen MR) is 80.1 cm³/mol. The van der Waals surface area contributed by atoms with Crippen molar-refractivity contribution >= 4 is 11.4 Å². The van der Waals surface area contributed by atoms with Crippen LogP contribution in [0.3, 0.4) is 0 Å². The number of hydrogen-bond acceptors (Lipinski definition) is 5. The molecule has 0 atom stereocenters. The highest BCUT2D eigenvalue weighted by Crippen LogP contribution is 2.25. The molecule has 0 saturated carbocycles. The number of nitro benzene ring substituents is 1. The van der Waals surface area contributed by atoms with Crippen molar-refractivity contribution in [1.29, 1.82) is 0 Å². The molecule has 0 heterocycles. The lowest BCUT2D eigenvalue weighted by molar-refractivity contribution is -0.384. The Labute approximate surface area is 119 Å². The van der Waals surface area contributed by atoms with Crippen molar-refractivity contribution in [1.82, 2.24) is 4.90 Å². The third kappa shape index (κ3) is 5.14. The number of hydrogen-bond donors (Lipinski definition) is 1. The standard InChI is InChI=1S/C14H23N3O3/c1-4-15-13-10-12(6-7-14(13)17(18)19)11-16(2)8-5-9-20-3/h6-7,10,15H,4-5,8-9,11H2,1-3H3. The fourth-order valence-corrected chi connectivity index (χ4v) is 2.04. The summed E-state index contributed by atoms with van der Waals surface area (Å²) >= 11 is 0. The van der Waals surface area contributed by atoms with Crippen LogP contribution in [0.5, 0.6) is 0 Å². The van der Waals surface area contributed by atoms with Gasteiger partial charge in [0.1, 0.15) is 5.69 Å². The summed E-state index contributed by atoms with van der Waals surface area (Å²) in [6.07, 6.45) is 0.972. The molecule has 6 nitrogen and oxygen atoms in total. The van der Waals surface area contributed by atoms with Gasteiger partial charge in [0.05, 0.1) is 4.92 Å². The van der Waals surface area contributed by atoms with Crippen molar-refractivity contribution < 1.29 is 9.66 Å². The number of ether oxygens (including phenoxy) is 1. The second kappa shape index (κ2) is 8.50. The maximum Gasteiger partial charge on any atom is 0.292 e. The average molecular weight is 281 g/mol. The van der Waals surface area contributed by atoms with Crippen molar-refractivity contribution in [3.63, 3.8) is 0 Å². The van der Waals surface area contributed by atoms with E-state index in [1.165, 1.54) is 0 Å². The molecule has 0 radical (unpaired) electrons. The highest BCUT2D eigenvalue weighted by molar-refractivity contribution is 5.62. The third-order valence-corrected chi connectivity index (χ3v) is 2.97. The van der Waals surface area contributed by atoms with Gasteiger partial charge in [-0.1, -0.05) is 6.07 Å². The number of methoxy groups -OCH3 is 1. The minimum Gasteiger partial charge on any atom is -0.385 e. The van der Waals surface area contributed by atoms with E-state index in [1.54, 1.807) is 13.2 Å². The first-order valence-electron chi connectivity index (χ1n) is 6.77. The van der Waals surface area contributed by atoms with Crippen LogP contribution in [0.4, 0.5) is 11.4 Å². The molecule has 1 aromatic rings. The smallest absolute Gasteiger partial charge is 0.292 e. The zero-order valence-electron chi connectivity index (χ0n) is 12.4. The van der Waals surface area contributed by atoms with Crippen LogP contribution in [0.2, 0.25) is 0 Å². The molecule has 0 fully saturated rings. The second-order valence-corrected chi connectivity index (χ2v) is 4.72. The van der Waals surface area contributed by atoms with Crippen molar-refractivity contribution in [3.05, 3.63) is 33.9 Å². The molecule has 0 bridgehead atoms. The highest BCUT2D eigenvalue weighted by atomic mass is 16.6. The topological polar surface area (TPSA) is 67.6 Å². The quantitative estimate of drug-likeness (QED) is 0.428. The molecule has 0 unspecified atom stereocenters. The summed E-state index contributed by atoms with van der Waals surface area (Å²) in [6.45, 7) is 5.02. The van der Waals surface area contributed by atoms with Crippen LogP contribution >= 0.6 is 0 Å². The largest absolute Gasteiger partial charge is 0.385 e. The Kier molecular flexibility index (Phi) is 6.97. The highest BCUT2D eigenvalue weighted by Gasteiger charge is 2.13. The molecule has 0 aliphatic heterocycles. The molecule has 0 saturated heterocycles. The molecule has 1 rings (SSSR count). The number of anilines is 1. The monoisotopic (exact) mass is 281 g/mol. The Bertz CT molecular complexity index is 438. The first-order valence-corrected chi connectivity index (χ1v) is 6.77. The lowest BCUT2D eigenvalue weighted by Crippen LogP contribution is -2.20. The van der Waals surface area contributed by atoms with Crippen LogP contribution < -0.4 is 5.32 Å². The van der Waals surface area contributed by atoms with E-state index in [1.807, 2.05) is 26.1 Å². The molecular weight excluding hydrogens is 258 g/mol. The molecule has 112 valence electrons. The van der Waals surface area contributed by atoms with Gasteiger partial charge in [-0.25, -0.2) is 0 Å². The maximum absolute atomic E-state index is 10.9. The van der Waals surface area contributed by atoms with Crippen molar-refractivity contribution in [2.24, 2.45) is 0 Å². The predicted octanol–water partition coefficient (Wildman–Crippen LogP) is 2.49. The average Bonchev–Trinajstić information content (AvgIpc) is 2.39. The summed E-state index contributed by atoms with van der Waals surface area (Å²) in [5, 5.41) is 14.0. The van der Waals surface area contributed by atoms with Gasteiger partial charge in [-0.15, -0.1) is 0 Å². The molecule has 1 aromatic carbocycles. The van der Waals surface area contributed by atoms with Gasteiger partial charge in [0.2, 0.25) is 0 Å². The summed E-state index contributed by atoms with van der Waals surface area (Å²) in [4.78, 5) is 12.8. The molecule has 0 spiro atoms. The molecule has 0 amide bonds. The molecule has 20 heavy (non-hydrogen) atoms. The summed E-state index contributed by atoms with van der Waals surface area (Å²) in [6, 6.07) is 5.23. The molecule has 0 aromatic heterocycles. The van der Waals surface area contributed by atoms with Crippen LogP contribution in [0.25, 0.3) is 0 Å². The van der Waals surface area contributed by atoms with E-state index in [-0.39, 0.29) is 10.6 Å². The van der Waals surface area contributed by atoms with Crippen LogP contribution in [0, 0.1) is 10.1 Å². The molecule has 6 heteroatoms. The number of nitrogens with one attached hydrogen (secondary N) is 1. The van der Waals surface area contributed by atoms with Gasteiger partial charge in [-0.05, 0) is 32.0 Å². The first-order chi connectivity index (χ1) is 9.58. The van der Waals surface area contributed by atoms with Gasteiger partial charge in [0.25, 0.3) is 5.69 Å². The van der Waals surface area contributed by atoms with Crippen LogP contribution in [0.15, 0.2) is 18.2 Å². The minimum atomic E-state index is -0.357. The van der Waals surface area contributed by atoms with E-state index in [4.69, 9.17) is 4.74 Å². The van der Waals surface area contributed by atoms with Gasteiger partial charge in [-0.3, -0.25) is 10.1 Å². The van der Waals surface area contributed by atoms with E-state index < -0.39 is 0 Å². The SMILES string of the molecule is CCNc1cc(CN(C)CCCOC)ccc1[N+](=O)[O-]. The van der Waals surface area contributed by atoms with Crippen LogP contribution in [-0.4, -0.2) is 43.7 Å². The van der Waals surface area contributed by atoms with E-state index in [0.29, 0.717) is 12.2 Å². The molecule has 0 aliphatic rings. The van der Waals surface area contributed by atoms with Gasteiger partial charge in [-0.2, -0.15) is 0 Å². The summed E-state index contributed by atoms with van der Waals surface area (Å²) in [7, 11) is 3.73. The fourth-order valence-electron chi connectivity index (χ4n) is 2.04. The van der Waals surface area contributed by atoms with E-state index in [9.17, 15) is 10.1 Å². The molecule has 0 aliphatic carbocycles. The van der Waals surface area contributed by atoms with Crippen molar-refractivity contribution in [2.45, 2.75) is 19.9 Å². The van der Waals surface area contributed by atoms with Crippen LogP contribution in [-0.2, 0) is 11.3 Å². The van der Waals surface area contributed by atoms with E-state index >= 15 is 0 Å². The fraction of sp³-hybridized carbons (Fsp3) is 0.571. The Morgan fingerprint density at radius 2 is 2.20 bits per heavy atom. The van der Waals surface area contributed by atoms with Crippen molar-refractivity contribution in [2.75, 3.05) is 39.2 Å². The van der Waals surface area contributed by atoms with Crippen LogP contribution in [0.1, 0.15) is 18.9 Å². The third-order valence-electron chi connectivity index (χ3n) is 2.97. The number of nitro groups is 1. The zero-order chi connectivity index (χ0) is 15.0. The van der Waals surface area contributed by atoms with Gasteiger partial charge >= 0.3 is 0 Å².